The summed E-state index contributed by atoms with van der Waals surface area (Å²) < 4.78 is 0. The smallest absolute Gasteiger partial charge is 0.111 e. The summed E-state index contributed by atoms with van der Waals surface area (Å²) in [5.74, 6) is 0. The maximum Gasteiger partial charge on any atom is 0.111 e. The molecule has 0 saturated carbocycles. The molecule has 1 unspecified atom stereocenters. The Kier molecular flexibility index (Phi) is 4.69. The van der Waals surface area contributed by atoms with E-state index in [0.717, 1.165) is 13.0 Å². The van der Waals surface area contributed by atoms with Crippen LogP contribution in [0.4, 0.5) is 0 Å². The molecular weight excluding hydrogens is 258 g/mol. The van der Waals surface area contributed by atoms with Crippen molar-refractivity contribution in [3.63, 3.8) is 0 Å². The summed E-state index contributed by atoms with van der Waals surface area (Å²) in [6.07, 6.45) is 3.71. The molecule has 1 fully saturated rings. The van der Waals surface area contributed by atoms with Gasteiger partial charge in [-0.05, 0) is 24.0 Å². The average Bonchev–Trinajstić information content (AvgIpc) is 2.57. The van der Waals surface area contributed by atoms with Crippen molar-refractivity contribution < 1.29 is 10.0 Å². The van der Waals surface area contributed by atoms with Crippen molar-refractivity contribution in [2.24, 2.45) is 0 Å². The van der Waals surface area contributed by atoms with Crippen LogP contribution in [-0.4, -0.2) is 24.3 Å². The highest BCUT2D eigenvalue weighted by Crippen LogP contribution is 2.19. The fraction of sp³-hybridized carbons (Fsp3) is 0.368. The number of nitrogens with one attached hydrogen (secondary N) is 1. The predicted molar refractivity (Wildman–Crippen MR) is 86.1 cm³/mol. The molecule has 2 heteroatoms. The van der Waals surface area contributed by atoms with E-state index in [0.29, 0.717) is 12.6 Å². The molecule has 0 radical (unpaired) electrons. The fourth-order valence-electron chi connectivity index (χ4n) is 3.31. The average molecular weight is 282 g/mol. The van der Waals surface area contributed by atoms with E-state index in [1.54, 1.807) is 0 Å². The Morgan fingerprint density at radius 1 is 0.905 bits per heavy atom. The maximum atomic E-state index is 9.51. The van der Waals surface area contributed by atoms with Crippen LogP contribution in [0.25, 0.3) is 11.1 Å². The minimum atomic E-state index is 0.317. The van der Waals surface area contributed by atoms with Crippen molar-refractivity contribution in [2.75, 3.05) is 13.2 Å². The number of benzene rings is 2. The first-order valence-electron chi connectivity index (χ1n) is 7.96. The van der Waals surface area contributed by atoms with Crippen LogP contribution in [0.1, 0.15) is 24.8 Å². The van der Waals surface area contributed by atoms with E-state index in [9.17, 15) is 5.11 Å². The molecular formula is C19H24NO+. The quantitative estimate of drug-likeness (QED) is 0.883. The second-order valence-electron chi connectivity index (χ2n) is 6.02. The van der Waals surface area contributed by atoms with Gasteiger partial charge in [-0.2, -0.15) is 0 Å². The van der Waals surface area contributed by atoms with E-state index in [1.165, 1.54) is 41.0 Å². The van der Waals surface area contributed by atoms with Crippen LogP contribution in [0.3, 0.4) is 0 Å². The zero-order chi connectivity index (χ0) is 14.5. The van der Waals surface area contributed by atoms with Crippen LogP contribution in [0.5, 0.6) is 0 Å². The van der Waals surface area contributed by atoms with Gasteiger partial charge in [0.15, 0.2) is 0 Å². The summed E-state index contributed by atoms with van der Waals surface area (Å²) >= 11 is 0. The largest absolute Gasteiger partial charge is 0.390 e. The van der Waals surface area contributed by atoms with E-state index in [1.807, 2.05) is 6.07 Å². The van der Waals surface area contributed by atoms with Crippen molar-refractivity contribution in [3.05, 3.63) is 60.2 Å². The van der Waals surface area contributed by atoms with E-state index in [2.05, 4.69) is 48.5 Å². The van der Waals surface area contributed by atoms with Crippen LogP contribution in [-0.2, 0) is 6.54 Å². The standard InChI is InChI=1S/C19H23NO/c21-15-19-8-4-5-13-20(19)14-16-9-11-18(12-10-16)17-6-2-1-3-7-17/h1-3,6-7,9-12,19,21H,4-5,8,13-15H2/p+1/t19-/m0/s1. The Morgan fingerprint density at radius 2 is 1.62 bits per heavy atom. The second kappa shape index (κ2) is 6.88. The number of piperidine rings is 1. The zero-order valence-corrected chi connectivity index (χ0v) is 12.5. The molecule has 2 nitrogen and oxygen atoms in total. The molecule has 1 aliphatic heterocycles. The number of hydrogen-bond donors (Lipinski definition) is 2. The van der Waals surface area contributed by atoms with E-state index < -0.39 is 0 Å². The monoisotopic (exact) mass is 282 g/mol. The van der Waals surface area contributed by atoms with Crippen LogP contribution < -0.4 is 4.90 Å². The summed E-state index contributed by atoms with van der Waals surface area (Å²) in [6.45, 7) is 2.53. The summed E-state index contributed by atoms with van der Waals surface area (Å²) in [5, 5.41) is 9.51. The molecule has 1 heterocycles. The van der Waals surface area contributed by atoms with Crippen molar-refractivity contribution >= 4 is 0 Å². The number of aliphatic hydroxyl groups is 1. The fourth-order valence-corrected chi connectivity index (χ4v) is 3.31. The van der Waals surface area contributed by atoms with E-state index in [4.69, 9.17) is 0 Å². The highest BCUT2D eigenvalue weighted by Gasteiger charge is 2.25. The lowest BCUT2D eigenvalue weighted by molar-refractivity contribution is -0.944. The molecule has 0 aliphatic carbocycles. The minimum absolute atomic E-state index is 0.317. The van der Waals surface area contributed by atoms with Gasteiger partial charge in [-0.25, -0.2) is 0 Å². The first kappa shape index (κ1) is 14.3. The first-order valence-corrected chi connectivity index (χ1v) is 7.96. The van der Waals surface area contributed by atoms with Gasteiger partial charge in [-0.15, -0.1) is 0 Å². The third-order valence-electron chi connectivity index (χ3n) is 4.59. The number of aliphatic hydroxyl groups excluding tert-OH is 1. The zero-order valence-electron chi connectivity index (χ0n) is 12.5. The first-order chi connectivity index (χ1) is 10.4. The molecule has 0 aromatic heterocycles. The molecule has 2 aromatic rings. The molecule has 0 amide bonds. The van der Waals surface area contributed by atoms with Gasteiger partial charge in [0, 0.05) is 12.0 Å². The second-order valence-corrected chi connectivity index (χ2v) is 6.02. The minimum Gasteiger partial charge on any atom is -0.390 e. The van der Waals surface area contributed by atoms with Crippen LogP contribution >= 0.6 is 0 Å². The predicted octanol–water partition coefficient (Wildman–Crippen LogP) is 2.28. The summed E-state index contributed by atoms with van der Waals surface area (Å²) in [4.78, 5) is 1.54. The van der Waals surface area contributed by atoms with Gasteiger partial charge in [0.05, 0.1) is 13.2 Å². The topological polar surface area (TPSA) is 24.7 Å². The normalized spacial score (nSPS) is 22.1. The van der Waals surface area contributed by atoms with Gasteiger partial charge in [0.1, 0.15) is 12.6 Å². The molecule has 110 valence electrons. The highest BCUT2D eigenvalue weighted by molar-refractivity contribution is 5.63. The molecule has 0 spiro atoms. The SMILES string of the molecule is OC[C@@H]1CCCC[NH+]1Cc1ccc(-c2ccccc2)cc1. The van der Waals surface area contributed by atoms with Crippen molar-refractivity contribution in [3.8, 4) is 11.1 Å². The molecule has 0 bridgehead atoms. The van der Waals surface area contributed by atoms with Crippen molar-refractivity contribution in [1.29, 1.82) is 0 Å². The molecule has 2 aromatic carbocycles. The van der Waals surface area contributed by atoms with Gasteiger partial charge in [-0.1, -0.05) is 54.6 Å². The van der Waals surface area contributed by atoms with Crippen molar-refractivity contribution in [2.45, 2.75) is 31.8 Å². The summed E-state index contributed by atoms with van der Waals surface area (Å²) in [7, 11) is 0. The Hall–Kier alpha value is -1.64. The maximum absolute atomic E-state index is 9.51. The van der Waals surface area contributed by atoms with E-state index >= 15 is 0 Å². The Bertz CT molecular complexity index is 550. The van der Waals surface area contributed by atoms with Gasteiger partial charge in [-0.3, -0.25) is 0 Å². The number of rotatable bonds is 4. The van der Waals surface area contributed by atoms with E-state index in [-0.39, 0.29) is 0 Å². The Labute approximate surface area is 127 Å². The molecule has 1 saturated heterocycles. The molecule has 1 aliphatic rings. The molecule has 21 heavy (non-hydrogen) atoms. The molecule has 2 N–H and O–H groups in total. The van der Waals surface area contributed by atoms with Gasteiger partial charge in [0.25, 0.3) is 0 Å². The lowest BCUT2D eigenvalue weighted by Gasteiger charge is -2.31. The van der Waals surface area contributed by atoms with Crippen LogP contribution in [0.15, 0.2) is 54.6 Å². The van der Waals surface area contributed by atoms with Gasteiger partial charge in [0.2, 0.25) is 0 Å². The number of hydrogen-bond acceptors (Lipinski definition) is 1. The number of quaternary nitrogens is 1. The highest BCUT2D eigenvalue weighted by atomic mass is 16.3. The van der Waals surface area contributed by atoms with Crippen molar-refractivity contribution in [1.82, 2.24) is 0 Å². The summed E-state index contributed by atoms with van der Waals surface area (Å²) in [6, 6.07) is 19.8. The van der Waals surface area contributed by atoms with Crippen LogP contribution in [0.2, 0.25) is 0 Å². The van der Waals surface area contributed by atoms with Gasteiger partial charge >= 0.3 is 0 Å². The summed E-state index contributed by atoms with van der Waals surface area (Å²) in [5.41, 5.74) is 3.90. The lowest BCUT2D eigenvalue weighted by atomic mass is 10.0. The Balaban J connectivity index is 1.69. The van der Waals surface area contributed by atoms with Gasteiger partial charge < -0.3 is 10.0 Å². The van der Waals surface area contributed by atoms with Crippen LogP contribution in [0, 0.1) is 0 Å². The molecule has 2 atom stereocenters. The third kappa shape index (κ3) is 3.52. The number of likely N-dealkylation sites (tertiary alicyclic amines) is 1. The third-order valence-corrected chi connectivity index (χ3v) is 4.59. The Morgan fingerprint density at radius 3 is 2.33 bits per heavy atom. The lowest BCUT2D eigenvalue weighted by Crippen LogP contribution is -3.15. The molecule has 3 rings (SSSR count).